The van der Waals surface area contributed by atoms with E-state index in [0.29, 0.717) is 35.0 Å². The predicted molar refractivity (Wildman–Crippen MR) is 124 cm³/mol. The second kappa shape index (κ2) is 9.57. The van der Waals surface area contributed by atoms with Crippen LogP contribution >= 0.6 is 0 Å². The first-order chi connectivity index (χ1) is 17.3. The molecule has 3 aromatic rings. The van der Waals surface area contributed by atoms with Crippen LogP contribution in [-0.2, 0) is 21.2 Å². The molecule has 14 heteroatoms. The Kier molecular flexibility index (Phi) is 6.79. The van der Waals surface area contributed by atoms with Crippen molar-refractivity contribution in [2.24, 2.45) is 5.92 Å². The molecule has 0 saturated heterocycles. The van der Waals surface area contributed by atoms with E-state index in [1.807, 2.05) is 24.0 Å². The van der Waals surface area contributed by atoms with Gasteiger partial charge in [-0.25, -0.2) is 13.2 Å². The number of halogens is 3. The Hall–Kier alpha value is -3.81. The Morgan fingerprint density at radius 3 is 2.43 bits per heavy atom. The first-order valence-corrected chi connectivity index (χ1v) is 13.0. The first kappa shape index (κ1) is 26.3. The van der Waals surface area contributed by atoms with Crippen LogP contribution in [0.5, 0.6) is 0 Å². The highest BCUT2D eigenvalue weighted by Crippen LogP contribution is 2.40. The molecule has 1 aliphatic carbocycles. The van der Waals surface area contributed by atoms with E-state index in [1.165, 1.54) is 0 Å². The number of amides is 1. The van der Waals surface area contributed by atoms with Gasteiger partial charge in [-0.15, -0.1) is 5.10 Å². The van der Waals surface area contributed by atoms with Gasteiger partial charge in [0, 0.05) is 30.6 Å². The number of H-pyrrole nitrogens is 1. The predicted octanol–water partition coefficient (Wildman–Crippen LogP) is 3.32. The van der Waals surface area contributed by atoms with Crippen LogP contribution in [0.1, 0.15) is 35.7 Å². The summed E-state index contributed by atoms with van der Waals surface area (Å²) in [6.45, 7) is 2.47. The molecule has 2 aliphatic rings. The molecule has 0 bridgehead atoms. The zero-order chi connectivity index (χ0) is 27.1. The van der Waals surface area contributed by atoms with Crippen LogP contribution in [0, 0.1) is 5.92 Å². The van der Waals surface area contributed by atoms with E-state index < -0.39 is 22.0 Å². The molecule has 1 amide bonds. The Morgan fingerprint density at radius 2 is 1.89 bits per heavy atom. The molecule has 10 nitrogen and oxygen atoms in total. The molecule has 37 heavy (non-hydrogen) atoms. The van der Waals surface area contributed by atoms with E-state index in [4.69, 9.17) is 9.90 Å². The number of rotatable bonds is 5. The summed E-state index contributed by atoms with van der Waals surface area (Å²) in [4.78, 5) is 23.9. The molecule has 0 radical (unpaired) electrons. The number of carboxylic acids is 1. The van der Waals surface area contributed by atoms with Gasteiger partial charge in [0.2, 0.25) is 0 Å². The van der Waals surface area contributed by atoms with Crippen molar-refractivity contribution in [1.82, 2.24) is 25.3 Å². The van der Waals surface area contributed by atoms with Crippen molar-refractivity contribution >= 4 is 21.7 Å². The number of hydrogen-bond donors (Lipinski definition) is 2. The third kappa shape index (κ3) is 5.63. The van der Waals surface area contributed by atoms with Crippen LogP contribution in [0.15, 0.2) is 41.6 Å². The second-order valence-electron chi connectivity index (χ2n) is 8.89. The van der Waals surface area contributed by atoms with Crippen LogP contribution in [0.4, 0.5) is 13.2 Å². The molecule has 3 heterocycles. The quantitative estimate of drug-likeness (QED) is 0.504. The maximum atomic E-state index is 13.1. The van der Waals surface area contributed by atoms with Gasteiger partial charge in [-0.05, 0) is 61.1 Å². The summed E-state index contributed by atoms with van der Waals surface area (Å²) in [6, 6.07) is 7.19. The number of aromatic amines is 1. The first-order valence-electron chi connectivity index (χ1n) is 11.1. The molecule has 1 aliphatic heterocycles. The third-order valence-electron chi connectivity index (χ3n) is 6.20. The zero-order valence-electron chi connectivity index (χ0n) is 19.7. The zero-order valence-corrected chi connectivity index (χ0v) is 20.5. The minimum absolute atomic E-state index is 0.0744. The summed E-state index contributed by atoms with van der Waals surface area (Å²) < 4.78 is 56.9. The normalized spacial score (nSPS) is 16.1. The highest BCUT2D eigenvalue weighted by Gasteiger charge is 2.41. The average Bonchev–Trinajstić information content (AvgIpc) is 3.42. The van der Waals surface area contributed by atoms with Crippen molar-refractivity contribution in [1.29, 1.82) is 0 Å². The largest absolute Gasteiger partial charge is 0.490 e. The van der Waals surface area contributed by atoms with Crippen LogP contribution in [0.25, 0.3) is 22.5 Å². The molecule has 2 N–H and O–H groups in total. The summed E-state index contributed by atoms with van der Waals surface area (Å²) in [5.74, 6) is -2.44. The van der Waals surface area contributed by atoms with Crippen molar-refractivity contribution in [2.75, 3.05) is 6.26 Å². The number of fused-ring (bicyclic) bond motifs is 1. The van der Waals surface area contributed by atoms with Crippen molar-refractivity contribution in [3.05, 3.63) is 47.8 Å². The number of hydrogen-bond acceptors (Lipinski definition) is 7. The van der Waals surface area contributed by atoms with E-state index in [1.54, 1.807) is 24.5 Å². The topological polar surface area (TPSA) is 146 Å². The third-order valence-corrected chi connectivity index (χ3v) is 7.32. The SMILES string of the molecule is C[C@@H](C1CC1)N1Cc2cc(-c3cnnc(-c4ccn[nH]4)c3)cc(S(C)(=O)=O)c2C1=O.O=C(O)C(F)(F)F. The van der Waals surface area contributed by atoms with E-state index in [0.717, 1.165) is 30.2 Å². The van der Waals surface area contributed by atoms with Gasteiger partial charge in [-0.3, -0.25) is 9.89 Å². The minimum Gasteiger partial charge on any atom is -0.475 e. The number of carbonyl (C=O) groups is 2. The smallest absolute Gasteiger partial charge is 0.475 e. The fourth-order valence-corrected chi connectivity index (χ4v) is 5.05. The molecule has 1 saturated carbocycles. The molecule has 1 atom stereocenters. The number of aliphatic carboxylic acids is 1. The Labute approximate surface area is 209 Å². The fourth-order valence-electron chi connectivity index (χ4n) is 4.12. The highest BCUT2D eigenvalue weighted by atomic mass is 32.2. The van der Waals surface area contributed by atoms with Crippen molar-refractivity contribution in [2.45, 2.75) is 43.4 Å². The summed E-state index contributed by atoms with van der Waals surface area (Å²) in [7, 11) is -3.60. The Balaban J connectivity index is 0.000000405. The van der Waals surface area contributed by atoms with Gasteiger partial charge in [0.25, 0.3) is 5.91 Å². The van der Waals surface area contributed by atoms with Crippen molar-refractivity contribution in [3.63, 3.8) is 0 Å². The van der Waals surface area contributed by atoms with E-state index >= 15 is 0 Å². The Morgan fingerprint density at radius 1 is 1.22 bits per heavy atom. The average molecular weight is 538 g/mol. The molecule has 5 rings (SSSR count). The van der Waals surface area contributed by atoms with Gasteiger partial charge in [-0.1, -0.05) is 0 Å². The van der Waals surface area contributed by atoms with Crippen molar-refractivity contribution in [3.8, 4) is 22.5 Å². The lowest BCUT2D eigenvalue weighted by Crippen LogP contribution is -2.35. The number of carbonyl (C=O) groups excluding carboxylic acids is 1. The number of benzene rings is 1. The molecular weight excluding hydrogens is 515 g/mol. The van der Waals surface area contributed by atoms with Gasteiger partial charge in [0.15, 0.2) is 9.84 Å². The van der Waals surface area contributed by atoms with Gasteiger partial charge in [0.1, 0.15) is 5.69 Å². The number of alkyl halides is 3. The monoisotopic (exact) mass is 537 g/mol. The van der Waals surface area contributed by atoms with Crippen LogP contribution in [-0.4, -0.2) is 69.2 Å². The molecule has 2 aromatic heterocycles. The number of nitrogens with zero attached hydrogens (tertiary/aromatic N) is 4. The molecule has 0 spiro atoms. The van der Waals surface area contributed by atoms with E-state index in [2.05, 4.69) is 20.4 Å². The second-order valence-corrected chi connectivity index (χ2v) is 10.9. The summed E-state index contributed by atoms with van der Waals surface area (Å²) in [5.41, 5.74) is 3.79. The van der Waals surface area contributed by atoms with Crippen molar-refractivity contribution < 1.29 is 36.3 Å². The standard InChI is InChI=1S/C21H21N5O3S.C2HF3O2/c1-12(13-3-4-13)26-11-16-7-14(9-19(30(2,28)29)20(16)21(26)27)15-8-18(25-23-10-15)17-5-6-22-24-17;3-2(4,5)1(6)7/h5-10,12-13H,3-4,11H2,1-2H3,(H,22,24);(H,6,7)/t12-;/m0./s1. The van der Waals surface area contributed by atoms with Gasteiger partial charge in [0.05, 0.1) is 22.3 Å². The molecule has 1 aromatic carbocycles. The highest BCUT2D eigenvalue weighted by molar-refractivity contribution is 7.90. The van der Waals surface area contributed by atoms with Crippen LogP contribution in [0.2, 0.25) is 0 Å². The lowest BCUT2D eigenvalue weighted by molar-refractivity contribution is -0.192. The number of aromatic nitrogens is 4. The maximum Gasteiger partial charge on any atom is 0.490 e. The van der Waals surface area contributed by atoms with E-state index in [9.17, 15) is 26.4 Å². The number of carboxylic acid groups (broad SMARTS) is 1. The number of sulfone groups is 1. The summed E-state index contributed by atoms with van der Waals surface area (Å²) in [5, 5.41) is 22.1. The number of nitrogens with one attached hydrogen (secondary N) is 1. The van der Waals surface area contributed by atoms with Crippen LogP contribution in [0.3, 0.4) is 0 Å². The lowest BCUT2D eigenvalue weighted by Gasteiger charge is -2.24. The molecular formula is C23H22F3N5O5S. The van der Waals surface area contributed by atoms with Gasteiger partial charge < -0.3 is 10.0 Å². The molecule has 0 unspecified atom stereocenters. The van der Waals surface area contributed by atoms with Gasteiger partial charge in [-0.2, -0.15) is 23.4 Å². The summed E-state index contributed by atoms with van der Waals surface area (Å²) in [6.07, 6.45) is 1.51. The van der Waals surface area contributed by atoms with Crippen LogP contribution < -0.4 is 0 Å². The lowest BCUT2D eigenvalue weighted by atomic mass is 10.0. The Bertz CT molecular complexity index is 1450. The van der Waals surface area contributed by atoms with E-state index in [-0.39, 0.29) is 16.8 Å². The minimum atomic E-state index is -5.08. The fraction of sp³-hybridized carbons (Fsp3) is 0.348. The maximum absolute atomic E-state index is 13.1. The molecule has 196 valence electrons. The van der Waals surface area contributed by atoms with Gasteiger partial charge >= 0.3 is 12.1 Å². The summed E-state index contributed by atoms with van der Waals surface area (Å²) >= 11 is 0. The molecule has 1 fully saturated rings.